The molecule has 8 nitrogen and oxygen atoms in total. The van der Waals surface area contributed by atoms with E-state index in [1.807, 2.05) is 0 Å². The van der Waals surface area contributed by atoms with Gasteiger partial charge in [-0.05, 0) is 105 Å². The third-order valence-corrected chi connectivity index (χ3v) is 11.2. The molecule has 4 aromatic carbocycles. The number of carbonyl (C=O) groups is 2. The average molecular weight is 736 g/mol. The molecule has 4 aromatic rings. The summed E-state index contributed by atoms with van der Waals surface area (Å²) in [6.45, 7) is 7.04. The quantitative estimate of drug-likeness (QED) is 0.178. The first kappa shape index (κ1) is 38.7. The highest BCUT2D eigenvalue weighted by Gasteiger charge is 2.42. The molecule has 1 heterocycles. The second-order valence-electron chi connectivity index (χ2n) is 14.2. The number of carbonyl (C=O) groups excluding carboxylic acids is 2. The Labute approximate surface area is 303 Å². The maximum Gasteiger partial charge on any atom is 0.410 e. The van der Waals surface area contributed by atoms with E-state index in [9.17, 15) is 26.8 Å². The van der Waals surface area contributed by atoms with Gasteiger partial charge >= 0.3 is 6.09 Å². The van der Waals surface area contributed by atoms with E-state index in [0.29, 0.717) is 16.7 Å². The van der Waals surface area contributed by atoms with Crippen molar-refractivity contribution < 1.29 is 35.9 Å². The van der Waals surface area contributed by atoms with Gasteiger partial charge in [-0.25, -0.2) is 26.4 Å². The van der Waals surface area contributed by atoms with Crippen LogP contribution in [-0.4, -0.2) is 66.3 Å². The van der Waals surface area contributed by atoms with Gasteiger partial charge in [-0.3, -0.25) is 4.79 Å². The number of Topliss-reactive ketones (excluding diaryl/α,β-unsaturated/α-hetero) is 1. The number of ether oxygens (including phenoxy) is 1. The molecule has 0 aliphatic carbocycles. The predicted octanol–water partition coefficient (Wildman–Crippen LogP) is 7.01. The third-order valence-electron chi connectivity index (χ3n) is 9.13. The van der Waals surface area contributed by atoms with Crippen LogP contribution in [0.15, 0.2) is 102 Å². The van der Waals surface area contributed by atoms with Crippen molar-refractivity contribution in [2.45, 2.75) is 81.5 Å². The van der Waals surface area contributed by atoms with Crippen LogP contribution in [0.2, 0.25) is 0 Å². The lowest BCUT2D eigenvalue weighted by atomic mass is 9.82. The van der Waals surface area contributed by atoms with Crippen molar-refractivity contribution in [2.75, 3.05) is 13.1 Å². The monoisotopic (exact) mass is 735 g/mol. The molecule has 0 unspecified atom stereocenters. The summed E-state index contributed by atoms with van der Waals surface area (Å²) in [5.74, 6) is -3.06. The molecule has 0 bridgehead atoms. The zero-order chi connectivity index (χ0) is 37.8. The van der Waals surface area contributed by atoms with Gasteiger partial charge in [0.25, 0.3) is 0 Å². The van der Waals surface area contributed by atoms with Crippen LogP contribution in [-0.2, 0) is 32.4 Å². The molecule has 1 saturated heterocycles. The number of nitrogens with zero attached hydrogens (tertiary/aromatic N) is 2. The molecule has 5 rings (SSSR count). The van der Waals surface area contributed by atoms with Crippen LogP contribution in [0.25, 0.3) is 0 Å². The average Bonchev–Trinajstić information content (AvgIpc) is 3.07. The molecule has 2 N–H and O–H groups in total. The highest BCUT2D eigenvalue weighted by molar-refractivity contribution is 7.89. The molecule has 1 amide bonds. The van der Waals surface area contributed by atoms with E-state index in [4.69, 9.17) is 10.5 Å². The fourth-order valence-electron chi connectivity index (χ4n) is 6.87. The van der Waals surface area contributed by atoms with Crippen LogP contribution in [0.1, 0.15) is 62.3 Å². The van der Waals surface area contributed by atoms with Crippen molar-refractivity contribution in [3.63, 3.8) is 0 Å². The van der Waals surface area contributed by atoms with Crippen molar-refractivity contribution >= 4 is 21.9 Å². The maximum absolute atomic E-state index is 15.7. The lowest BCUT2D eigenvalue weighted by Crippen LogP contribution is -2.61. The largest absolute Gasteiger partial charge is 0.444 e. The van der Waals surface area contributed by atoms with Crippen molar-refractivity contribution in [2.24, 2.45) is 5.73 Å². The Morgan fingerprint density at radius 3 is 2.04 bits per heavy atom. The zero-order valence-corrected chi connectivity index (χ0v) is 30.5. The first-order chi connectivity index (χ1) is 24.5. The van der Waals surface area contributed by atoms with Crippen LogP contribution in [0.4, 0.5) is 18.0 Å². The smallest absolute Gasteiger partial charge is 0.410 e. The third kappa shape index (κ3) is 9.09. The molecule has 0 saturated carbocycles. The van der Waals surface area contributed by atoms with Crippen LogP contribution < -0.4 is 5.73 Å². The Hall–Kier alpha value is -4.52. The summed E-state index contributed by atoms with van der Waals surface area (Å²) in [6.07, 6.45) is -0.730. The zero-order valence-electron chi connectivity index (χ0n) is 29.6. The van der Waals surface area contributed by atoms with Crippen molar-refractivity contribution in [1.29, 1.82) is 0 Å². The number of sulfonamides is 1. The molecule has 3 atom stereocenters. The summed E-state index contributed by atoms with van der Waals surface area (Å²) in [5, 5.41) is 0. The number of hydrogen-bond acceptors (Lipinski definition) is 6. The Bertz CT molecular complexity index is 1960. The standard InChI is InChI=1S/C40H44F3N3O5S/c1-26-24-45(39(48)51-40(2,3)4)25-32(46(26)52(49,50)33-16-6-5-7-17-33)19-20-34-27(11-10-18-35(34)43)23-36(47)38(44)37(28-12-8-14-30(41)21-28)29-13-9-15-31(42)22-29/h5-18,21-22,26,32,37-38H,19-20,23-25,44H2,1-4H3/t26-,32-,38+/m0/s1. The van der Waals surface area contributed by atoms with E-state index < -0.39 is 69.0 Å². The highest BCUT2D eigenvalue weighted by Crippen LogP contribution is 2.32. The lowest BCUT2D eigenvalue weighted by molar-refractivity contribution is -0.120. The molecule has 52 heavy (non-hydrogen) atoms. The first-order valence-electron chi connectivity index (χ1n) is 17.2. The summed E-state index contributed by atoms with van der Waals surface area (Å²) in [6, 6.07) is 20.9. The number of rotatable bonds is 11. The predicted molar refractivity (Wildman–Crippen MR) is 193 cm³/mol. The van der Waals surface area contributed by atoms with E-state index in [1.165, 1.54) is 69.9 Å². The minimum Gasteiger partial charge on any atom is -0.444 e. The summed E-state index contributed by atoms with van der Waals surface area (Å²) < 4.78 is 79.4. The van der Waals surface area contributed by atoms with Gasteiger partial charge in [-0.15, -0.1) is 0 Å². The second-order valence-corrected chi connectivity index (χ2v) is 16.1. The van der Waals surface area contributed by atoms with E-state index >= 15 is 4.39 Å². The van der Waals surface area contributed by atoms with E-state index in [2.05, 4.69) is 0 Å². The van der Waals surface area contributed by atoms with Crippen molar-refractivity contribution in [1.82, 2.24) is 9.21 Å². The number of benzene rings is 4. The van der Waals surface area contributed by atoms with Crippen LogP contribution in [0.3, 0.4) is 0 Å². The van der Waals surface area contributed by atoms with Crippen molar-refractivity contribution in [3.05, 3.63) is 137 Å². The van der Waals surface area contributed by atoms with Gasteiger partial charge in [0.1, 0.15) is 23.1 Å². The lowest BCUT2D eigenvalue weighted by Gasteiger charge is -2.44. The molecular formula is C40H44F3N3O5S. The first-order valence-corrected chi connectivity index (χ1v) is 18.6. The van der Waals surface area contributed by atoms with Gasteiger partial charge < -0.3 is 15.4 Å². The van der Waals surface area contributed by atoms with Crippen LogP contribution in [0.5, 0.6) is 0 Å². The topological polar surface area (TPSA) is 110 Å². The molecule has 1 fully saturated rings. The number of nitrogens with two attached hydrogens (primary N) is 1. The van der Waals surface area contributed by atoms with E-state index in [-0.39, 0.29) is 42.8 Å². The molecule has 1 aliphatic rings. The van der Waals surface area contributed by atoms with Crippen LogP contribution in [0, 0.1) is 17.5 Å². The van der Waals surface area contributed by atoms with E-state index in [0.717, 1.165) is 0 Å². The number of halogens is 3. The SMILES string of the molecule is C[C@H]1CN(C(=O)OC(C)(C)C)C[C@H](CCc2c(F)cccc2CC(=O)[C@@H](N)C(c2cccc(F)c2)c2cccc(F)c2)N1S(=O)(=O)c1ccccc1. The molecule has 0 spiro atoms. The Morgan fingerprint density at radius 1 is 0.865 bits per heavy atom. The summed E-state index contributed by atoms with van der Waals surface area (Å²) in [4.78, 5) is 28.6. The number of amides is 1. The fraction of sp³-hybridized carbons (Fsp3) is 0.350. The number of piperazine rings is 1. The van der Waals surface area contributed by atoms with Gasteiger partial charge in [0.2, 0.25) is 10.0 Å². The van der Waals surface area contributed by atoms with Gasteiger partial charge in [-0.1, -0.05) is 54.6 Å². The second kappa shape index (κ2) is 16.0. The minimum absolute atomic E-state index is 0.00184. The van der Waals surface area contributed by atoms with Crippen molar-refractivity contribution in [3.8, 4) is 0 Å². The minimum atomic E-state index is -4.03. The highest BCUT2D eigenvalue weighted by atomic mass is 32.2. The Morgan fingerprint density at radius 2 is 1.46 bits per heavy atom. The molecule has 276 valence electrons. The summed E-state index contributed by atoms with van der Waals surface area (Å²) in [5.41, 5.74) is 7.10. The Balaban J connectivity index is 1.43. The normalized spacial score (nSPS) is 17.6. The molecular weight excluding hydrogens is 692 g/mol. The molecule has 0 radical (unpaired) electrons. The van der Waals surface area contributed by atoms with Gasteiger partial charge in [0.05, 0.1) is 10.9 Å². The molecule has 12 heteroatoms. The van der Waals surface area contributed by atoms with Gasteiger partial charge in [0, 0.05) is 37.5 Å². The summed E-state index contributed by atoms with van der Waals surface area (Å²) >= 11 is 0. The fourth-order valence-corrected chi connectivity index (χ4v) is 8.72. The van der Waals surface area contributed by atoms with Crippen LogP contribution >= 0.6 is 0 Å². The molecule has 0 aromatic heterocycles. The van der Waals surface area contributed by atoms with Gasteiger partial charge in [0.15, 0.2) is 5.78 Å². The maximum atomic E-state index is 15.7. The van der Waals surface area contributed by atoms with E-state index in [1.54, 1.807) is 64.1 Å². The molecule has 1 aliphatic heterocycles. The number of ketones is 1. The van der Waals surface area contributed by atoms with Gasteiger partial charge in [-0.2, -0.15) is 4.31 Å². The number of hydrogen-bond donors (Lipinski definition) is 1. The Kier molecular flexibility index (Phi) is 11.9. The summed E-state index contributed by atoms with van der Waals surface area (Å²) in [7, 11) is -4.03.